The highest BCUT2D eigenvalue weighted by molar-refractivity contribution is 6.04. The number of benzene rings is 1. The van der Waals surface area contributed by atoms with Crippen LogP contribution < -0.4 is 5.56 Å². The summed E-state index contributed by atoms with van der Waals surface area (Å²) in [5.41, 5.74) is 0.0532. The second kappa shape index (κ2) is 6.70. The average Bonchev–Trinajstić information content (AvgIpc) is 2.49. The lowest BCUT2D eigenvalue weighted by Crippen LogP contribution is -2.34. The zero-order chi connectivity index (χ0) is 16.3. The molecule has 2 rings (SSSR count). The summed E-state index contributed by atoms with van der Waals surface area (Å²) in [6, 6.07) is 6.98. The van der Waals surface area contributed by atoms with E-state index in [9.17, 15) is 9.59 Å². The Morgan fingerprint density at radius 1 is 1.32 bits per heavy atom. The summed E-state index contributed by atoms with van der Waals surface area (Å²) < 4.78 is 1.35. The monoisotopic (exact) mass is 303 g/mol. The van der Waals surface area contributed by atoms with E-state index < -0.39 is 0 Å². The third-order valence-electron chi connectivity index (χ3n) is 3.39. The molecule has 0 aliphatic carbocycles. The van der Waals surface area contributed by atoms with Crippen LogP contribution in [0.15, 0.2) is 29.1 Å². The van der Waals surface area contributed by atoms with Gasteiger partial charge in [0.15, 0.2) is 5.69 Å². The topological polar surface area (TPSA) is 75.4 Å². The number of aliphatic hydroxyl groups is 1. The Balaban J connectivity index is 2.64. The van der Waals surface area contributed by atoms with Crippen LogP contribution in [0, 0.1) is 5.92 Å². The first kappa shape index (κ1) is 16.2. The maximum Gasteiger partial charge on any atom is 0.274 e. The van der Waals surface area contributed by atoms with Crippen molar-refractivity contribution >= 4 is 16.7 Å². The summed E-state index contributed by atoms with van der Waals surface area (Å²) in [7, 11) is 1.60. The van der Waals surface area contributed by atoms with E-state index in [0.29, 0.717) is 17.3 Å². The van der Waals surface area contributed by atoms with Gasteiger partial charge in [0.05, 0.1) is 12.0 Å². The minimum Gasteiger partial charge on any atom is -0.395 e. The van der Waals surface area contributed by atoms with Crippen molar-refractivity contribution < 1.29 is 9.90 Å². The van der Waals surface area contributed by atoms with Crippen LogP contribution in [-0.2, 0) is 6.54 Å². The molecule has 6 nitrogen and oxygen atoms in total. The van der Waals surface area contributed by atoms with Crippen molar-refractivity contribution in [3.63, 3.8) is 0 Å². The van der Waals surface area contributed by atoms with Crippen molar-refractivity contribution in [1.29, 1.82) is 0 Å². The molecule has 0 radical (unpaired) electrons. The van der Waals surface area contributed by atoms with Gasteiger partial charge in [-0.3, -0.25) is 9.59 Å². The van der Waals surface area contributed by atoms with Crippen molar-refractivity contribution in [1.82, 2.24) is 14.7 Å². The zero-order valence-corrected chi connectivity index (χ0v) is 13.1. The summed E-state index contributed by atoms with van der Waals surface area (Å²) >= 11 is 0. The Bertz CT molecular complexity index is 737. The zero-order valence-electron chi connectivity index (χ0n) is 13.1. The van der Waals surface area contributed by atoms with Crippen molar-refractivity contribution in [2.45, 2.75) is 20.4 Å². The van der Waals surface area contributed by atoms with Gasteiger partial charge in [0.1, 0.15) is 0 Å². The second-order valence-electron chi connectivity index (χ2n) is 5.73. The first-order valence-electron chi connectivity index (χ1n) is 7.32. The van der Waals surface area contributed by atoms with E-state index in [-0.39, 0.29) is 36.2 Å². The van der Waals surface area contributed by atoms with E-state index in [0.717, 1.165) is 0 Å². The molecular formula is C16H21N3O3. The Hall–Kier alpha value is -2.21. The first-order valence-corrected chi connectivity index (χ1v) is 7.32. The number of fused-ring (bicyclic) bond motifs is 1. The second-order valence-corrected chi connectivity index (χ2v) is 5.73. The fourth-order valence-electron chi connectivity index (χ4n) is 2.30. The molecule has 22 heavy (non-hydrogen) atoms. The lowest BCUT2D eigenvalue weighted by atomic mass is 10.1. The van der Waals surface area contributed by atoms with E-state index in [1.807, 2.05) is 13.8 Å². The molecule has 0 spiro atoms. The maximum atomic E-state index is 12.5. The van der Waals surface area contributed by atoms with Crippen molar-refractivity contribution in [2.24, 2.45) is 5.92 Å². The maximum absolute atomic E-state index is 12.5. The van der Waals surface area contributed by atoms with Crippen LogP contribution in [-0.4, -0.2) is 45.9 Å². The van der Waals surface area contributed by atoms with Gasteiger partial charge in [0.25, 0.3) is 11.5 Å². The number of carbonyl (C=O) groups is 1. The molecule has 1 N–H and O–H groups in total. The molecule has 1 heterocycles. The molecule has 1 aromatic heterocycles. The molecule has 0 aliphatic heterocycles. The average molecular weight is 303 g/mol. The summed E-state index contributed by atoms with van der Waals surface area (Å²) in [5, 5.41) is 14.3. The fourth-order valence-corrected chi connectivity index (χ4v) is 2.30. The van der Waals surface area contributed by atoms with E-state index in [4.69, 9.17) is 5.11 Å². The molecule has 0 saturated heterocycles. The van der Waals surface area contributed by atoms with Gasteiger partial charge >= 0.3 is 0 Å². The highest BCUT2D eigenvalue weighted by Crippen LogP contribution is 2.15. The molecular weight excluding hydrogens is 282 g/mol. The minimum absolute atomic E-state index is 0.119. The van der Waals surface area contributed by atoms with Crippen molar-refractivity contribution in [3.8, 4) is 0 Å². The lowest BCUT2D eigenvalue weighted by Gasteiger charge is -2.17. The Morgan fingerprint density at radius 3 is 2.55 bits per heavy atom. The predicted molar refractivity (Wildman–Crippen MR) is 84.9 cm³/mol. The van der Waals surface area contributed by atoms with Gasteiger partial charge in [-0.2, -0.15) is 5.10 Å². The molecule has 0 atom stereocenters. The van der Waals surface area contributed by atoms with Crippen LogP contribution in [0.4, 0.5) is 0 Å². The highest BCUT2D eigenvalue weighted by atomic mass is 16.3. The largest absolute Gasteiger partial charge is 0.395 e. The normalized spacial score (nSPS) is 11.1. The fraction of sp³-hybridized carbons (Fsp3) is 0.438. The Labute approximate surface area is 129 Å². The van der Waals surface area contributed by atoms with Gasteiger partial charge in [-0.1, -0.05) is 32.0 Å². The Morgan fingerprint density at radius 2 is 1.95 bits per heavy atom. The third-order valence-corrected chi connectivity index (χ3v) is 3.39. The van der Waals surface area contributed by atoms with Crippen LogP contribution in [0.25, 0.3) is 10.8 Å². The number of carbonyl (C=O) groups excluding carboxylic acids is 1. The minimum atomic E-state index is -0.303. The van der Waals surface area contributed by atoms with Gasteiger partial charge in [-0.25, -0.2) is 4.68 Å². The van der Waals surface area contributed by atoms with E-state index in [1.54, 1.807) is 31.3 Å². The van der Waals surface area contributed by atoms with Crippen molar-refractivity contribution in [2.75, 3.05) is 20.2 Å². The molecule has 0 bridgehead atoms. The van der Waals surface area contributed by atoms with Gasteiger partial charge in [-0.05, 0) is 12.0 Å². The number of aliphatic hydroxyl groups excluding tert-OH is 1. The van der Waals surface area contributed by atoms with Crippen molar-refractivity contribution in [3.05, 3.63) is 40.3 Å². The lowest BCUT2D eigenvalue weighted by molar-refractivity contribution is 0.0760. The van der Waals surface area contributed by atoms with Gasteiger partial charge in [-0.15, -0.1) is 0 Å². The predicted octanol–water partition coefficient (Wildman–Crippen LogP) is 1.12. The van der Waals surface area contributed by atoms with Crippen LogP contribution >= 0.6 is 0 Å². The quantitative estimate of drug-likeness (QED) is 0.898. The molecule has 0 unspecified atom stereocenters. The number of nitrogens with zero attached hydrogens (tertiary/aromatic N) is 3. The first-order chi connectivity index (χ1) is 10.5. The molecule has 6 heteroatoms. The van der Waals surface area contributed by atoms with Gasteiger partial charge < -0.3 is 10.0 Å². The van der Waals surface area contributed by atoms with E-state index in [2.05, 4.69) is 5.10 Å². The molecule has 1 amide bonds. The SMILES string of the molecule is CC(C)Cn1nc(C(=O)N(C)CCO)c2ccccc2c1=O. The third kappa shape index (κ3) is 3.17. The Kier molecular flexibility index (Phi) is 4.92. The summed E-state index contributed by atoms with van der Waals surface area (Å²) in [4.78, 5) is 26.4. The molecule has 1 aromatic carbocycles. The van der Waals surface area contributed by atoms with Gasteiger partial charge in [0.2, 0.25) is 0 Å². The summed E-state index contributed by atoms with van der Waals surface area (Å²) in [6.07, 6.45) is 0. The van der Waals surface area contributed by atoms with Crippen LogP contribution in [0.1, 0.15) is 24.3 Å². The van der Waals surface area contributed by atoms with Crippen LogP contribution in [0.3, 0.4) is 0 Å². The number of hydrogen-bond acceptors (Lipinski definition) is 4. The number of aromatic nitrogens is 2. The molecule has 0 fully saturated rings. The number of rotatable bonds is 5. The van der Waals surface area contributed by atoms with Gasteiger partial charge in [0, 0.05) is 25.5 Å². The van der Waals surface area contributed by atoms with Crippen LogP contribution in [0.2, 0.25) is 0 Å². The van der Waals surface area contributed by atoms with E-state index in [1.165, 1.54) is 9.58 Å². The molecule has 0 saturated carbocycles. The molecule has 118 valence electrons. The molecule has 0 aliphatic rings. The summed E-state index contributed by atoms with van der Waals surface area (Å²) in [5.74, 6) is -0.0627. The number of amides is 1. The standard InChI is InChI=1S/C16H21N3O3/c1-11(2)10-19-15(21)13-7-5-4-6-12(13)14(17-19)16(22)18(3)8-9-20/h4-7,11,20H,8-10H2,1-3H3. The van der Waals surface area contributed by atoms with E-state index >= 15 is 0 Å². The highest BCUT2D eigenvalue weighted by Gasteiger charge is 2.19. The summed E-state index contributed by atoms with van der Waals surface area (Å²) in [6.45, 7) is 4.53. The molecule has 2 aromatic rings. The van der Waals surface area contributed by atoms with Crippen LogP contribution in [0.5, 0.6) is 0 Å². The number of likely N-dealkylation sites (N-methyl/N-ethyl adjacent to an activating group) is 1. The number of hydrogen-bond donors (Lipinski definition) is 1. The smallest absolute Gasteiger partial charge is 0.274 e.